The highest BCUT2D eigenvalue weighted by Gasteiger charge is 2.46. The lowest BCUT2D eigenvalue weighted by Gasteiger charge is -2.36. The van der Waals surface area contributed by atoms with Gasteiger partial charge in [0.15, 0.2) is 0 Å². The van der Waals surface area contributed by atoms with Gasteiger partial charge in [-0.05, 0) is 11.6 Å². The summed E-state index contributed by atoms with van der Waals surface area (Å²) in [5.41, 5.74) is 0.577. The summed E-state index contributed by atoms with van der Waals surface area (Å²) in [6, 6.07) is 5.00. The van der Waals surface area contributed by atoms with Gasteiger partial charge in [-0.25, -0.2) is 0 Å². The zero-order valence-electron chi connectivity index (χ0n) is 9.88. The molecule has 0 aromatic heterocycles. The second kappa shape index (κ2) is 5.38. The highest BCUT2D eigenvalue weighted by molar-refractivity contribution is 6.31. The first kappa shape index (κ1) is 14.1. The van der Waals surface area contributed by atoms with Gasteiger partial charge < -0.3 is 5.32 Å². The Balaban J connectivity index is 2.19. The van der Waals surface area contributed by atoms with Crippen molar-refractivity contribution in [1.29, 1.82) is 0 Å². The molecule has 1 aliphatic heterocycles. The van der Waals surface area contributed by atoms with E-state index >= 15 is 0 Å². The van der Waals surface area contributed by atoms with Gasteiger partial charge in [0, 0.05) is 18.1 Å². The summed E-state index contributed by atoms with van der Waals surface area (Å²) in [7, 11) is 0. The van der Waals surface area contributed by atoms with Crippen LogP contribution in [0.5, 0.6) is 0 Å². The Bertz CT molecular complexity index is 478. The van der Waals surface area contributed by atoms with Gasteiger partial charge in [-0.15, -0.1) is 0 Å². The highest BCUT2D eigenvalue weighted by atomic mass is 35.5. The average Bonchev–Trinajstić information content (AvgIpc) is 2.30. The second-order valence-electron chi connectivity index (χ2n) is 4.36. The number of carbonyl (C=O) groups is 1. The fourth-order valence-electron chi connectivity index (χ4n) is 2.02. The standard InChI is InChI=1S/C12H12ClF3N2O/c13-9-4-2-1-3-8(9)6-18-7-11(19)17-5-10(18)12(14,15)16/h1-4,10H,5-7H2,(H,17,19). The molecule has 3 nitrogen and oxygen atoms in total. The van der Waals surface area contributed by atoms with Gasteiger partial charge in [-0.1, -0.05) is 29.8 Å². The maximum absolute atomic E-state index is 12.9. The Morgan fingerprint density at radius 1 is 1.37 bits per heavy atom. The van der Waals surface area contributed by atoms with Crippen LogP contribution in [0.25, 0.3) is 0 Å². The molecule has 0 spiro atoms. The van der Waals surface area contributed by atoms with Crippen LogP contribution < -0.4 is 5.32 Å². The van der Waals surface area contributed by atoms with E-state index in [0.29, 0.717) is 10.6 Å². The van der Waals surface area contributed by atoms with E-state index in [0.717, 1.165) is 4.90 Å². The van der Waals surface area contributed by atoms with Crippen molar-refractivity contribution in [2.75, 3.05) is 13.1 Å². The van der Waals surface area contributed by atoms with E-state index in [-0.39, 0.29) is 13.1 Å². The lowest BCUT2D eigenvalue weighted by atomic mass is 10.1. The van der Waals surface area contributed by atoms with E-state index in [1.54, 1.807) is 24.3 Å². The second-order valence-corrected chi connectivity index (χ2v) is 4.77. The molecule has 1 fully saturated rings. The number of amides is 1. The maximum Gasteiger partial charge on any atom is 0.405 e. The molecule has 2 rings (SSSR count). The minimum absolute atomic E-state index is 0.00271. The third kappa shape index (κ3) is 3.39. The molecule has 104 valence electrons. The summed E-state index contributed by atoms with van der Waals surface area (Å²) in [5, 5.41) is 2.63. The molecule has 1 atom stereocenters. The van der Waals surface area contributed by atoms with E-state index in [1.165, 1.54) is 0 Å². The van der Waals surface area contributed by atoms with Crippen molar-refractivity contribution < 1.29 is 18.0 Å². The number of benzene rings is 1. The van der Waals surface area contributed by atoms with E-state index in [4.69, 9.17) is 11.6 Å². The lowest BCUT2D eigenvalue weighted by Crippen LogP contribution is -2.59. The molecule has 0 radical (unpaired) electrons. The fourth-order valence-corrected chi connectivity index (χ4v) is 2.22. The van der Waals surface area contributed by atoms with Crippen LogP contribution in [-0.4, -0.2) is 36.1 Å². The van der Waals surface area contributed by atoms with Crippen LogP contribution in [0, 0.1) is 0 Å². The van der Waals surface area contributed by atoms with Crippen LogP contribution in [-0.2, 0) is 11.3 Å². The molecule has 1 saturated heterocycles. The van der Waals surface area contributed by atoms with Crippen molar-refractivity contribution in [3.63, 3.8) is 0 Å². The fraction of sp³-hybridized carbons (Fsp3) is 0.417. The first-order chi connectivity index (χ1) is 8.88. The van der Waals surface area contributed by atoms with Crippen molar-refractivity contribution in [2.24, 2.45) is 0 Å². The predicted octanol–water partition coefficient (Wildman–Crippen LogP) is 2.20. The molecule has 0 aliphatic carbocycles. The minimum Gasteiger partial charge on any atom is -0.353 e. The van der Waals surface area contributed by atoms with Crippen molar-refractivity contribution >= 4 is 17.5 Å². The van der Waals surface area contributed by atoms with Crippen LogP contribution in [0.2, 0.25) is 5.02 Å². The van der Waals surface area contributed by atoms with E-state index < -0.39 is 24.7 Å². The number of nitrogens with zero attached hydrogens (tertiary/aromatic N) is 1. The molecule has 1 heterocycles. The number of nitrogens with one attached hydrogen (secondary N) is 1. The normalized spacial score (nSPS) is 21.3. The monoisotopic (exact) mass is 292 g/mol. The lowest BCUT2D eigenvalue weighted by molar-refractivity contribution is -0.190. The van der Waals surface area contributed by atoms with Gasteiger partial charge in [0.05, 0.1) is 6.54 Å². The molecule has 1 N–H and O–H groups in total. The summed E-state index contributed by atoms with van der Waals surface area (Å²) in [5.74, 6) is -0.410. The molecule has 1 unspecified atom stereocenters. The van der Waals surface area contributed by atoms with Gasteiger partial charge in [0.2, 0.25) is 5.91 Å². The molecule has 1 aromatic carbocycles. The summed E-state index contributed by atoms with van der Waals surface area (Å²) in [6.07, 6.45) is -4.38. The van der Waals surface area contributed by atoms with Crippen LogP contribution >= 0.6 is 11.6 Å². The SMILES string of the molecule is O=C1CN(Cc2ccccc2Cl)C(C(F)(F)F)CN1. The quantitative estimate of drug-likeness (QED) is 0.906. The van der Waals surface area contributed by atoms with Crippen molar-refractivity contribution in [3.05, 3.63) is 34.9 Å². The molecule has 1 aliphatic rings. The number of rotatable bonds is 2. The number of carbonyl (C=O) groups excluding carboxylic acids is 1. The summed E-state index contributed by atoms with van der Waals surface area (Å²) < 4.78 is 38.7. The molecular formula is C12H12ClF3N2O. The van der Waals surface area contributed by atoms with E-state index in [9.17, 15) is 18.0 Å². The first-order valence-electron chi connectivity index (χ1n) is 5.69. The third-order valence-electron chi connectivity index (χ3n) is 2.99. The van der Waals surface area contributed by atoms with Crippen molar-refractivity contribution in [3.8, 4) is 0 Å². The van der Waals surface area contributed by atoms with Crippen LogP contribution in [0.3, 0.4) is 0 Å². The Morgan fingerprint density at radius 2 is 2.05 bits per heavy atom. The van der Waals surface area contributed by atoms with E-state index in [1.807, 2.05) is 0 Å². The highest BCUT2D eigenvalue weighted by Crippen LogP contribution is 2.28. The predicted molar refractivity (Wildman–Crippen MR) is 64.7 cm³/mol. The van der Waals surface area contributed by atoms with Crippen molar-refractivity contribution in [2.45, 2.75) is 18.8 Å². The van der Waals surface area contributed by atoms with Gasteiger partial charge in [0.1, 0.15) is 6.04 Å². The van der Waals surface area contributed by atoms with Crippen LogP contribution in [0.4, 0.5) is 13.2 Å². The van der Waals surface area contributed by atoms with Crippen LogP contribution in [0.1, 0.15) is 5.56 Å². The Labute approximate surface area is 113 Å². The van der Waals surface area contributed by atoms with Gasteiger partial charge in [0.25, 0.3) is 0 Å². The number of halogens is 4. The number of hydrogen-bond donors (Lipinski definition) is 1. The summed E-state index contributed by atoms with van der Waals surface area (Å²) in [4.78, 5) is 12.4. The molecule has 7 heteroatoms. The zero-order valence-corrected chi connectivity index (χ0v) is 10.6. The number of hydrogen-bond acceptors (Lipinski definition) is 2. The number of piperazine rings is 1. The summed E-state index contributed by atoms with van der Waals surface area (Å²) >= 11 is 5.93. The molecule has 0 bridgehead atoms. The molecule has 1 aromatic rings. The molecule has 1 amide bonds. The largest absolute Gasteiger partial charge is 0.405 e. The molecular weight excluding hydrogens is 281 g/mol. The van der Waals surface area contributed by atoms with Gasteiger partial charge >= 0.3 is 6.18 Å². The number of alkyl halides is 3. The summed E-state index contributed by atoms with van der Waals surface area (Å²) in [6.45, 7) is -0.709. The minimum atomic E-state index is -4.38. The Kier molecular flexibility index (Phi) is 4.01. The van der Waals surface area contributed by atoms with Gasteiger partial charge in [-0.2, -0.15) is 13.2 Å². The zero-order chi connectivity index (χ0) is 14.0. The van der Waals surface area contributed by atoms with E-state index in [2.05, 4.69) is 5.32 Å². The molecule has 19 heavy (non-hydrogen) atoms. The first-order valence-corrected chi connectivity index (χ1v) is 6.06. The Hall–Kier alpha value is -1.27. The maximum atomic E-state index is 12.9. The topological polar surface area (TPSA) is 32.3 Å². The van der Waals surface area contributed by atoms with Crippen LogP contribution in [0.15, 0.2) is 24.3 Å². The Morgan fingerprint density at radius 3 is 2.68 bits per heavy atom. The third-order valence-corrected chi connectivity index (χ3v) is 3.36. The molecule has 0 saturated carbocycles. The smallest absolute Gasteiger partial charge is 0.353 e. The average molecular weight is 293 g/mol. The van der Waals surface area contributed by atoms with Gasteiger partial charge in [-0.3, -0.25) is 9.69 Å². The van der Waals surface area contributed by atoms with Crippen molar-refractivity contribution in [1.82, 2.24) is 10.2 Å².